The molecule has 0 atom stereocenters. The summed E-state index contributed by atoms with van der Waals surface area (Å²) in [6.45, 7) is 5.35. The van der Waals surface area contributed by atoms with Crippen LogP contribution in [0.15, 0.2) is 47.6 Å². The molecule has 10 heteroatoms. The second-order valence-electron chi connectivity index (χ2n) is 7.16. The Bertz CT molecular complexity index is 1120. The zero-order chi connectivity index (χ0) is 21.3. The molecule has 0 unspecified atom stereocenters. The first-order valence-electron chi connectivity index (χ1n) is 9.66. The summed E-state index contributed by atoms with van der Waals surface area (Å²) in [6.07, 6.45) is 1.55. The van der Waals surface area contributed by atoms with Crippen LogP contribution >= 0.6 is 0 Å². The van der Waals surface area contributed by atoms with Crippen molar-refractivity contribution in [3.63, 3.8) is 0 Å². The molecule has 0 saturated carbocycles. The molecule has 3 heterocycles. The molecule has 158 valence electrons. The molecular formula is C20H24N6O3S. The number of hydrogen-bond donors (Lipinski definition) is 0. The second-order valence-corrected chi connectivity index (χ2v) is 9.04. The maximum absolute atomic E-state index is 12.9. The van der Waals surface area contributed by atoms with Crippen molar-refractivity contribution >= 4 is 15.8 Å². The Morgan fingerprint density at radius 3 is 2.30 bits per heavy atom. The summed E-state index contributed by atoms with van der Waals surface area (Å²) in [7, 11) is -1.83. The Labute approximate surface area is 176 Å². The molecule has 2 aromatic heterocycles. The summed E-state index contributed by atoms with van der Waals surface area (Å²) in [5.41, 5.74) is 0. The number of sulfonamides is 1. The first-order chi connectivity index (χ1) is 14.3. The van der Waals surface area contributed by atoms with E-state index in [4.69, 9.17) is 4.74 Å². The third-order valence-electron chi connectivity index (χ3n) is 5.02. The Morgan fingerprint density at radius 2 is 1.67 bits per heavy atom. The van der Waals surface area contributed by atoms with Gasteiger partial charge in [-0.15, -0.1) is 0 Å². The van der Waals surface area contributed by atoms with Gasteiger partial charge in [0, 0.05) is 45.5 Å². The van der Waals surface area contributed by atoms with Gasteiger partial charge in [-0.1, -0.05) is 18.2 Å². The number of aryl methyl sites for hydroxylation is 3. The molecule has 9 nitrogen and oxygen atoms in total. The molecule has 0 aliphatic carbocycles. The maximum Gasteiger partial charge on any atom is 0.262 e. The number of nitrogens with zero attached hydrogens (tertiary/aromatic N) is 6. The third kappa shape index (κ3) is 4.14. The summed E-state index contributed by atoms with van der Waals surface area (Å²) in [5, 5.41) is 0.0902. The van der Waals surface area contributed by atoms with Crippen molar-refractivity contribution < 1.29 is 13.2 Å². The quantitative estimate of drug-likeness (QED) is 0.614. The molecule has 30 heavy (non-hydrogen) atoms. The lowest BCUT2D eigenvalue weighted by atomic mass is 10.3. The number of anilines is 1. The van der Waals surface area contributed by atoms with Crippen molar-refractivity contribution in [2.45, 2.75) is 18.9 Å². The molecule has 0 spiro atoms. The normalized spacial score (nSPS) is 15.4. The monoisotopic (exact) mass is 428 g/mol. The highest BCUT2D eigenvalue weighted by Crippen LogP contribution is 2.25. The first kappa shape index (κ1) is 20.3. The van der Waals surface area contributed by atoms with E-state index in [1.54, 1.807) is 30.8 Å². The predicted molar refractivity (Wildman–Crippen MR) is 112 cm³/mol. The minimum absolute atomic E-state index is 0.0902. The van der Waals surface area contributed by atoms with Crippen LogP contribution in [0.5, 0.6) is 11.6 Å². The van der Waals surface area contributed by atoms with E-state index in [9.17, 15) is 8.42 Å². The molecule has 1 fully saturated rings. The molecule has 1 aromatic carbocycles. The summed E-state index contributed by atoms with van der Waals surface area (Å²) in [4.78, 5) is 15.1. The van der Waals surface area contributed by atoms with E-state index in [-0.39, 0.29) is 5.03 Å². The van der Waals surface area contributed by atoms with Gasteiger partial charge in [0.1, 0.15) is 23.2 Å². The average molecular weight is 429 g/mol. The SMILES string of the molecule is Cc1nc(Oc2ccccc2)cc(N2CCN(S(=O)(=O)c3cn(C)c(C)n3)CC2)n1. The lowest BCUT2D eigenvalue weighted by Crippen LogP contribution is -2.49. The standard InChI is InChI=1S/C20H24N6O3S/c1-15-21-18(13-19(22-15)29-17-7-5-4-6-8-17)25-9-11-26(12-10-25)30(27,28)20-14-24(3)16(2)23-20/h4-8,13-14H,9-12H2,1-3H3. The number of benzene rings is 1. The van der Waals surface area contributed by atoms with E-state index in [1.807, 2.05) is 42.2 Å². The molecule has 1 aliphatic rings. The van der Waals surface area contributed by atoms with Crippen molar-refractivity contribution in [2.24, 2.45) is 7.05 Å². The van der Waals surface area contributed by atoms with Gasteiger partial charge in [0.25, 0.3) is 10.0 Å². The Hall–Kier alpha value is -2.98. The minimum atomic E-state index is -3.61. The van der Waals surface area contributed by atoms with Gasteiger partial charge < -0.3 is 14.2 Å². The van der Waals surface area contributed by atoms with Gasteiger partial charge in [-0.3, -0.25) is 0 Å². The molecular weight excluding hydrogens is 404 g/mol. The van der Waals surface area contributed by atoms with Crippen molar-refractivity contribution in [3.05, 3.63) is 54.2 Å². The maximum atomic E-state index is 12.9. The summed E-state index contributed by atoms with van der Waals surface area (Å²) in [5.74, 6) is 3.14. The highest BCUT2D eigenvalue weighted by molar-refractivity contribution is 7.89. The van der Waals surface area contributed by atoms with Crippen LogP contribution in [0.3, 0.4) is 0 Å². The van der Waals surface area contributed by atoms with Crippen molar-refractivity contribution in [1.29, 1.82) is 0 Å². The van der Waals surface area contributed by atoms with Gasteiger partial charge in [-0.2, -0.15) is 9.29 Å². The van der Waals surface area contributed by atoms with Crippen LogP contribution in [0, 0.1) is 13.8 Å². The van der Waals surface area contributed by atoms with Crippen LogP contribution in [0.4, 0.5) is 5.82 Å². The molecule has 3 aromatic rings. The predicted octanol–water partition coefficient (Wildman–Crippen LogP) is 2.13. The Morgan fingerprint density at radius 1 is 0.967 bits per heavy atom. The van der Waals surface area contributed by atoms with Crippen molar-refractivity contribution in [2.75, 3.05) is 31.1 Å². The fourth-order valence-corrected chi connectivity index (χ4v) is 4.74. The molecule has 4 rings (SSSR count). The first-order valence-corrected chi connectivity index (χ1v) is 11.1. The van der Waals surface area contributed by atoms with Crippen LogP contribution in [-0.2, 0) is 17.1 Å². The number of para-hydroxylation sites is 1. The topological polar surface area (TPSA) is 93.5 Å². The van der Waals surface area contributed by atoms with E-state index >= 15 is 0 Å². The number of piperazine rings is 1. The third-order valence-corrected chi connectivity index (χ3v) is 6.79. The lowest BCUT2D eigenvalue weighted by Gasteiger charge is -2.34. The van der Waals surface area contributed by atoms with Crippen LogP contribution in [0.1, 0.15) is 11.6 Å². The van der Waals surface area contributed by atoms with Gasteiger partial charge in [-0.05, 0) is 26.0 Å². The smallest absolute Gasteiger partial charge is 0.262 e. The van der Waals surface area contributed by atoms with Crippen LogP contribution in [0.2, 0.25) is 0 Å². The number of hydrogen-bond acceptors (Lipinski definition) is 7. The number of rotatable bonds is 5. The van der Waals surface area contributed by atoms with Gasteiger partial charge in [-0.25, -0.2) is 18.4 Å². The lowest BCUT2D eigenvalue weighted by molar-refractivity contribution is 0.381. The average Bonchev–Trinajstić information content (AvgIpc) is 3.08. The molecule has 0 radical (unpaired) electrons. The van der Waals surface area contributed by atoms with Crippen LogP contribution in [-0.4, -0.2) is 58.4 Å². The zero-order valence-corrected chi connectivity index (χ0v) is 18.0. The minimum Gasteiger partial charge on any atom is -0.439 e. The van der Waals surface area contributed by atoms with E-state index in [1.165, 1.54) is 4.31 Å². The molecule has 0 N–H and O–H groups in total. The van der Waals surface area contributed by atoms with Gasteiger partial charge in [0.15, 0.2) is 5.03 Å². The fraction of sp³-hybridized carbons (Fsp3) is 0.350. The Balaban J connectivity index is 1.47. The second kappa shape index (κ2) is 8.04. The summed E-state index contributed by atoms with van der Waals surface area (Å²) >= 11 is 0. The molecule has 0 bridgehead atoms. The van der Waals surface area contributed by atoms with Gasteiger partial charge >= 0.3 is 0 Å². The van der Waals surface area contributed by atoms with E-state index in [2.05, 4.69) is 15.0 Å². The van der Waals surface area contributed by atoms with Crippen molar-refractivity contribution in [1.82, 2.24) is 23.8 Å². The molecule has 0 amide bonds. The number of aromatic nitrogens is 4. The molecule has 1 saturated heterocycles. The number of ether oxygens (including phenoxy) is 1. The number of imidazole rings is 1. The van der Waals surface area contributed by atoms with Crippen molar-refractivity contribution in [3.8, 4) is 11.6 Å². The highest BCUT2D eigenvalue weighted by Gasteiger charge is 2.31. The largest absolute Gasteiger partial charge is 0.439 e. The fourth-order valence-electron chi connectivity index (χ4n) is 3.29. The zero-order valence-electron chi connectivity index (χ0n) is 17.2. The molecule has 1 aliphatic heterocycles. The van der Waals surface area contributed by atoms with E-state index in [0.29, 0.717) is 49.5 Å². The van der Waals surface area contributed by atoms with Gasteiger partial charge in [0.2, 0.25) is 5.88 Å². The Kier molecular flexibility index (Phi) is 5.44. The van der Waals surface area contributed by atoms with Gasteiger partial charge in [0.05, 0.1) is 0 Å². The summed E-state index contributed by atoms with van der Waals surface area (Å²) < 4.78 is 34.8. The highest BCUT2D eigenvalue weighted by atomic mass is 32.2. The van der Waals surface area contributed by atoms with E-state index < -0.39 is 10.0 Å². The van der Waals surface area contributed by atoms with Crippen LogP contribution in [0.25, 0.3) is 0 Å². The summed E-state index contributed by atoms with van der Waals surface area (Å²) in [6, 6.07) is 11.2. The van der Waals surface area contributed by atoms with E-state index in [0.717, 1.165) is 5.82 Å². The van der Waals surface area contributed by atoms with Crippen LogP contribution < -0.4 is 9.64 Å².